The first-order valence-electron chi connectivity index (χ1n) is 6.36. The van der Waals surface area contributed by atoms with Crippen LogP contribution in [-0.2, 0) is 0 Å². The number of halogens is 1. The summed E-state index contributed by atoms with van der Waals surface area (Å²) in [6.45, 7) is 6.27. The summed E-state index contributed by atoms with van der Waals surface area (Å²) in [6, 6.07) is 4.56. The van der Waals surface area contributed by atoms with Gasteiger partial charge in [0.2, 0.25) is 0 Å². The Labute approximate surface area is 123 Å². The molecule has 1 unspecified atom stereocenters. The second-order valence-electron chi connectivity index (χ2n) is 4.98. The fraction of sp³-hybridized carbons (Fsp3) is 0.375. The van der Waals surface area contributed by atoms with E-state index in [1.807, 2.05) is 0 Å². The van der Waals surface area contributed by atoms with E-state index in [1.54, 1.807) is 6.07 Å². The first kappa shape index (κ1) is 15.8. The van der Waals surface area contributed by atoms with Crippen LogP contribution in [0, 0.1) is 0 Å². The van der Waals surface area contributed by atoms with Crippen molar-refractivity contribution in [2.75, 3.05) is 0 Å². The second kappa shape index (κ2) is 7.39. The number of aromatic hydroxyl groups is 2. The molecule has 0 bridgehead atoms. The van der Waals surface area contributed by atoms with Gasteiger partial charge < -0.3 is 10.2 Å². The summed E-state index contributed by atoms with van der Waals surface area (Å²) in [5.41, 5.74) is 3.26. The Morgan fingerprint density at radius 1 is 1.26 bits per heavy atom. The van der Waals surface area contributed by atoms with E-state index < -0.39 is 0 Å². The van der Waals surface area contributed by atoms with E-state index in [2.05, 4.69) is 48.9 Å². The Bertz CT molecular complexity index is 486. The highest BCUT2D eigenvalue weighted by Crippen LogP contribution is 2.35. The number of hydrogen-bond donors (Lipinski definition) is 2. The molecule has 1 atom stereocenters. The Balaban J connectivity index is 2.74. The molecule has 0 heterocycles. The number of phenols is 2. The second-order valence-corrected chi connectivity index (χ2v) is 5.96. The molecule has 0 aliphatic heterocycles. The van der Waals surface area contributed by atoms with Gasteiger partial charge in [0.25, 0.3) is 0 Å². The van der Waals surface area contributed by atoms with Crippen LogP contribution in [0.15, 0.2) is 41.5 Å². The van der Waals surface area contributed by atoms with Crippen LogP contribution < -0.4 is 0 Å². The lowest BCUT2D eigenvalue weighted by molar-refractivity contribution is 0.455. The monoisotopic (exact) mass is 324 g/mol. The van der Waals surface area contributed by atoms with Crippen molar-refractivity contribution in [3.05, 3.63) is 47.1 Å². The molecular formula is C16H21BrO2. The first-order valence-corrected chi connectivity index (χ1v) is 7.28. The summed E-state index contributed by atoms with van der Waals surface area (Å²) in [6.07, 6.45) is 6.29. The van der Waals surface area contributed by atoms with E-state index in [0.717, 1.165) is 12.8 Å². The lowest BCUT2D eigenvalue weighted by Gasteiger charge is -2.10. The van der Waals surface area contributed by atoms with E-state index in [0.29, 0.717) is 5.56 Å². The zero-order valence-electron chi connectivity index (χ0n) is 11.7. The molecule has 0 saturated heterocycles. The van der Waals surface area contributed by atoms with Gasteiger partial charge in [-0.1, -0.05) is 39.2 Å². The van der Waals surface area contributed by atoms with Gasteiger partial charge in [0.05, 0.1) is 4.83 Å². The smallest absolute Gasteiger partial charge is 0.120 e. The van der Waals surface area contributed by atoms with Crippen LogP contribution in [0.4, 0.5) is 0 Å². The third-order valence-electron chi connectivity index (χ3n) is 2.83. The minimum absolute atomic E-state index is 0.0914. The number of benzene rings is 1. The van der Waals surface area contributed by atoms with Gasteiger partial charge in [-0.3, -0.25) is 0 Å². The molecule has 1 aromatic rings. The van der Waals surface area contributed by atoms with Gasteiger partial charge in [0.1, 0.15) is 11.5 Å². The van der Waals surface area contributed by atoms with Gasteiger partial charge in [-0.05, 0) is 51.8 Å². The molecule has 1 aromatic carbocycles. The highest BCUT2D eigenvalue weighted by molar-refractivity contribution is 9.09. The minimum atomic E-state index is -0.0914. The van der Waals surface area contributed by atoms with Crippen LogP contribution >= 0.6 is 15.9 Å². The van der Waals surface area contributed by atoms with Crippen molar-refractivity contribution in [3.63, 3.8) is 0 Å². The third kappa shape index (κ3) is 5.52. The topological polar surface area (TPSA) is 40.5 Å². The van der Waals surface area contributed by atoms with E-state index in [1.165, 1.54) is 23.3 Å². The van der Waals surface area contributed by atoms with Gasteiger partial charge in [0, 0.05) is 5.56 Å². The summed E-state index contributed by atoms with van der Waals surface area (Å²) < 4.78 is 0. The van der Waals surface area contributed by atoms with Crippen molar-refractivity contribution < 1.29 is 10.2 Å². The van der Waals surface area contributed by atoms with E-state index in [4.69, 9.17) is 0 Å². The molecule has 2 nitrogen and oxygen atoms in total. The van der Waals surface area contributed by atoms with Gasteiger partial charge in [-0.25, -0.2) is 0 Å². The minimum Gasteiger partial charge on any atom is -0.508 e. The van der Waals surface area contributed by atoms with Crippen molar-refractivity contribution in [1.29, 1.82) is 0 Å². The number of alkyl halides is 1. The van der Waals surface area contributed by atoms with E-state index in [9.17, 15) is 10.2 Å². The standard InChI is InChI=1S/C16H21BrO2/c1-11(2)5-4-6-12(3)9-15(17)14-10-13(18)7-8-16(14)19/h5,7-10,15,18-19H,4,6H2,1-3H3. The van der Waals surface area contributed by atoms with Crippen LogP contribution in [-0.4, -0.2) is 10.2 Å². The largest absolute Gasteiger partial charge is 0.508 e. The van der Waals surface area contributed by atoms with Crippen LogP contribution in [0.2, 0.25) is 0 Å². The average molecular weight is 325 g/mol. The number of rotatable bonds is 5. The molecule has 19 heavy (non-hydrogen) atoms. The normalized spacial score (nSPS) is 13.2. The number of hydrogen-bond acceptors (Lipinski definition) is 2. The highest BCUT2D eigenvalue weighted by Gasteiger charge is 2.10. The Morgan fingerprint density at radius 2 is 1.95 bits per heavy atom. The molecule has 0 spiro atoms. The molecule has 0 aliphatic rings. The number of allylic oxidation sites excluding steroid dienone is 4. The van der Waals surface area contributed by atoms with Gasteiger partial charge in [0.15, 0.2) is 0 Å². The lowest BCUT2D eigenvalue weighted by Crippen LogP contribution is -1.89. The SMILES string of the molecule is CC(C)=CCCC(C)=CC(Br)c1cc(O)ccc1O. The zero-order valence-corrected chi connectivity index (χ0v) is 13.2. The molecule has 0 aliphatic carbocycles. The van der Waals surface area contributed by atoms with Crippen molar-refractivity contribution in [2.24, 2.45) is 0 Å². The molecule has 104 valence electrons. The average Bonchev–Trinajstić information content (AvgIpc) is 2.31. The predicted molar refractivity (Wildman–Crippen MR) is 83.9 cm³/mol. The van der Waals surface area contributed by atoms with Crippen LogP contribution in [0.3, 0.4) is 0 Å². The van der Waals surface area contributed by atoms with Crippen molar-refractivity contribution in [1.82, 2.24) is 0 Å². The molecule has 0 aromatic heterocycles. The fourth-order valence-electron chi connectivity index (χ4n) is 1.77. The van der Waals surface area contributed by atoms with Crippen LogP contribution in [0.25, 0.3) is 0 Å². The maximum atomic E-state index is 9.79. The molecule has 3 heteroatoms. The molecule has 1 rings (SSSR count). The number of phenolic OH excluding ortho intramolecular Hbond substituents is 2. The molecule has 0 fully saturated rings. The van der Waals surface area contributed by atoms with Gasteiger partial charge in [-0.15, -0.1) is 0 Å². The molecule has 0 amide bonds. The molecular weight excluding hydrogens is 304 g/mol. The summed E-state index contributed by atoms with van der Waals surface area (Å²) in [5, 5.41) is 19.2. The maximum absolute atomic E-state index is 9.79. The van der Waals surface area contributed by atoms with Gasteiger partial charge >= 0.3 is 0 Å². The Morgan fingerprint density at radius 3 is 2.58 bits per heavy atom. The van der Waals surface area contributed by atoms with Gasteiger partial charge in [-0.2, -0.15) is 0 Å². The van der Waals surface area contributed by atoms with Crippen molar-refractivity contribution >= 4 is 15.9 Å². The summed E-state index contributed by atoms with van der Waals surface area (Å²) in [4.78, 5) is -0.0914. The van der Waals surface area contributed by atoms with Crippen LogP contribution in [0.5, 0.6) is 11.5 Å². The quantitative estimate of drug-likeness (QED) is 0.442. The highest BCUT2D eigenvalue weighted by atomic mass is 79.9. The maximum Gasteiger partial charge on any atom is 0.120 e. The Hall–Kier alpha value is -1.22. The van der Waals surface area contributed by atoms with E-state index >= 15 is 0 Å². The Kier molecular flexibility index (Phi) is 6.16. The molecule has 0 radical (unpaired) electrons. The third-order valence-corrected chi connectivity index (χ3v) is 3.59. The van der Waals surface area contributed by atoms with Crippen molar-refractivity contribution in [2.45, 2.75) is 38.4 Å². The van der Waals surface area contributed by atoms with E-state index in [-0.39, 0.29) is 16.3 Å². The first-order chi connectivity index (χ1) is 8.90. The molecule has 0 saturated carbocycles. The van der Waals surface area contributed by atoms with Crippen molar-refractivity contribution in [3.8, 4) is 11.5 Å². The predicted octanol–water partition coefficient (Wildman–Crippen LogP) is 5.23. The lowest BCUT2D eigenvalue weighted by atomic mass is 10.1. The fourth-order valence-corrected chi connectivity index (χ4v) is 2.59. The summed E-state index contributed by atoms with van der Waals surface area (Å²) in [5.74, 6) is 0.348. The summed E-state index contributed by atoms with van der Waals surface area (Å²) in [7, 11) is 0. The van der Waals surface area contributed by atoms with Crippen LogP contribution in [0.1, 0.15) is 44.0 Å². The molecule has 2 N–H and O–H groups in total. The summed E-state index contributed by atoms with van der Waals surface area (Å²) >= 11 is 3.53. The zero-order chi connectivity index (χ0) is 14.4.